The van der Waals surface area contributed by atoms with E-state index in [2.05, 4.69) is 0 Å². The van der Waals surface area contributed by atoms with Crippen LogP contribution in [-0.2, 0) is 18.6 Å². The second-order valence-electron chi connectivity index (χ2n) is 4.81. The lowest BCUT2D eigenvalue weighted by molar-refractivity contribution is -0.137. The molecule has 5 heteroatoms. The molecule has 0 heterocycles. The van der Waals surface area contributed by atoms with Crippen molar-refractivity contribution in [2.75, 3.05) is 26.0 Å². The Labute approximate surface area is 132 Å². The number of hydrogen-bond donors (Lipinski definition) is 0. The van der Waals surface area contributed by atoms with Gasteiger partial charge in [-0.1, -0.05) is 48.6 Å². The van der Waals surface area contributed by atoms with Crippen LogP contribution in [0, 0.1) is 0 Å². The van der Waals surface area contributed by atoms with E-state index < -0.39 is 13.3 Å². The van der Waals surface area contributed by atoms with E-state index in [4.69, 9.17) is 9.26 Å². The molecule has 1 aromatic carbocycles. The summed E-state index contributed by atoms with van der Waals surface area (Å²) in [6, 6.07) is 9.80. The maximum Gasteiger partial charge on any atom is 0.330 e. The van der Waals surface area contributed by atoms with Gasteiger partial charge in [0.1, 0.15) is 0 Å². The summed E-state index contributed by atoms with van der Waals surface area (Å²) in [7, 11) is -2.53. The predicted octanol–water partition coefficient (Wildman–Crippen LogP) is 4.13. The molecule has 1 unspecified atom stereocenters. The molecule has 4 nitrogen and oxygen atoms in total. The molecule has 0 aliphatic carbocycles. The highest BCUT2D eigenvalue weighted by Crippen LogP contribution is 2.42. The van der Waals surface area contributed by atoms with E-state index in [1.807, 2.05) is 43.3 Å². The fraction of sp³-hybridized carbons (Fsp3) is 0.353. The molecule has 1 atom stereocenters. The van der Waals surface area contributed by atoms with Gasteiger partial charge in [-0.3, -0.25) is 4.57 Å². The van der Waals surface area contributed by atoms with E-state index in [0.717, 1.165) is 5.56 Å². The summed E-state index contributed by atoms with van der Waals surface area (Å²) in [4.78, 5) is 11.5. The van der Waals surface area contributed by atoms with Gasteiger partial charge in [0.2, 0.25) is 0 Å². The van der Waals surface area contributed by atoms with Gasteiger partial charge >= 0.3 is 5.97 Å². The van der Waals surface area contributed by atoms with Gasteiger partial charge < -0.3 is 9.26 Å². The summed E-state index contributed by atoms with van der Waals surface area (Å²) in [5, 5.41) is 0. The Morgan fingerprint density at radius 3 is 2.64 bits per heavy atom. The van der Waals surface area contributed by atoms with Gasteiger partial charge in [-0.05, 0) is 18.9 Å². The van der Waals surface area contributed by atoms with E-state index in [1.54, 1.807) is 18.8 Å². The van der Waals surface area contributed by atoms with Crippen molar-refractivity contribution in [1.29, 1.82) is 0 Å². The van der Waals surface area contributed by atoms with E-state index in [0.29, 0.717) is 19.2 Å². The van der Waals surface area contributed by atoms with E-state index >= 15 is 0 Å². The van der Waals surface area contributed by atoms with Gasteiger partial charge in [-0.25, -0.2) is 4.79 Å². The van der Waals surface area contributed by atoms with Crippen LogP contribution in [0.4, 0.5) is 0 Å². The van der Waals surface area contributed by atoms with Gasteiger partial charge in [0.05, 0.1) is 13.2 Å². The van der Waals surface area contributed by atoms with Crippen molar-refractivity contribution < 1.29 is 18.6 Å². The van der Waals surface area contributed by atoms with E-state index in [-0.39, 0.29) is 6.61 Å². The molecule has 0 aliphatic rings. The topological polar surface area (TPSA) is 52.6 Å². The minimum absolute atomic E-state index is 0.247. The molecule has 0 aliphatic heterocycles. The highest BCUT2D eigenvalue weighted by Gasteiger charge is 2.14. The molecule has 0 bridgehead atoms. The summed E-state index contributed by atoms with van der Waals surface area (Å²) >= 11 is 0. The maximum atomic E-state index is 11.8. The molecule has 22 heavy (non-hydrogen) atoms. The van der Waals surface area contributed by atoms with Crippen molar-refractivity contribution >= 4 is 19.4 Å². The standard InChI is InChI=1S/C17H23O4P/c1-3-21-22(2,19)15-9-14-20-17(18)13-8-7-12-16-10-5-4-6-11-16/h4-8,10-13H,3,9,14-15H2,1-2H3/b12-7+,13-8+. The molecule has 0 spiro atoms. The number of allylic oxidation sites excluding steroid dienone is 2. The maximum absolute atomic E-state index is 11.8. The van der Waals surface area contributed by atoms with Crippen LogP contribution in [0.1, 0.15) is 18.9 Å². The smallest absolute Gasteiger partial charge is 0.330 e. The van der Waals surface area contributed by atoms with Crippen LogP contribution < -0.4 is 0 Å². The summed E-state index contributed by atoms with van der Waals surface area (Å²) in [5.41, 5.74) is 1.06. The van der Waals surface area contributed by atoms with Gasteiger partial charge in [-0.2, -0.15) is 0 Å². The van der Waals surface area contributed by atoms with Crippen LogP contribution in [0.3, 0.4) is 0 Å². The van der Waals surface area contributed by atoms with Crippen molar-refractivity contribution in [1.82, 2.24) is 0 Å². The number of benzene rings is 1. The average molecular weight is 322 g/mol. The Kier molecular flexibility index (Phi) is 8.49. The molecule has 0 radical (unpaired) electrons. The Hall–Kier alpha value is -1.64. The van der Waals surface area contributed by atoms with Crippen molar-refractivity contribution in [3.05, 3.63) is 54.1 Å². The lowest BCUT2D eigenvalue weighted by Gasteiger charge is -2.11. The van der Waals surface area contributed by atoms with Crippen molar-refractivity contribution in [2.24, 2.45) is 0 Å². The second-order valence-corrected chi connectivity index (χ2v) is 7.54. The molecule has 120 valence electrons. The van der Waals surface area contributed by atoms with Crippen molar-refractivity contribution in [2.45, 2.75) is 13.3 Å². The van der Waals surface area contributed by atoms with Gasteiger partial charge in [-0.15, -0.1) is 0 Å². The normalized spacial score (nSPS) is 14.3. The molecule has 0 amide bonds. The number of carbonyl (C=O) groups excluding carboxylic acids is 1. The van der Waals surface area contributed by atoms with Crippen LogP contribution in [-0.4, -0.2) is 32.0 Å². The minimum atomic E-state index is -2.53. The molecule has 1 aromatic rings. The average Bonchev–Trinajstić information content (AvgIpc) is 2.49. The Morgan fingerprint density at radius 2 is 1.95 bits per heavy atom. The highest BCUT2D eigenvalue weighted by molar-refractivity contribution is 7.58. The first-order valence-corrected chi connectivity index (χ1v) is 9.57. The summed E-state index contributed by atoms with van der Waals surface area (Å²) in [5.74, 6) is -0.403. The third-order valence-corrected chi connectivity index (χ3v) is 4.72. The second kappa shape index (κ2) is 10.1. The Bertz CT molecular complexity index is 549. The van der Waals surface area contributed by atoms with Crippen molar-refractivity contribution in [3.63, 3.8) is 0 Å². The van der Waals surface area contributed by atoms with Gasteiger partial charge in [0.15, 0.2) is 7.37 Å². The molecule has 0 saturated heterocycles. The van der Waals surface area contributed by atoms with E-state index in [9.17, 15) is 9.36 Å². The molecular formula is C17H23O4P. The lowest BCUT2D eigenvalue weighted by atomic mass is 10.2. The van der Waals surface area contributed by atoms with Gasteiger partial charge in [0, 0.05) is 18.9 Å². The third kappa shape index (κ3) is 8.60. The zero-order valence-corrected chi connectivity index (χ0v) is 14.0. The van der Waals surface area contributed by atoms with Crippen molar-refractivity contribution in [3.8, 4) is 0 Å². The van der Waals surface area contributed by atoms with E-state index in [1.165, 1.54) is 6.08 Å². The van der Waals surface area contributed by atoms with Crippen LogP contribution in [0.15, 0.2) is 48.6 Å². The third-order valence-electron chi connectivity index (χ3n) is 2.79. The summed E-state index contributed by atoms with van der Waals surface area (Å²) in [6.07, 6.45) is 7.65. The molecule has 1 rings (SSSR count). The minimum Gasteiger partial charge on any atom is -0.463 e. The summed E-state index contributed by atoms with van der Waals surface area (Å²) in [6.45, 7) is 4.09. The fourth-order valence-electron chi connectivity index (χ4n) is 1.78. The Morgan fingerprint density at radius 1 is 1.23 bits per heavy atom. The van der Waals surface area contributed by atoms with Crippen LogP contribution in [0.25, 0.3) is 6.08 Å². The fourth-order valence-corrected chi connectivity index (χ4v) is 3.15. The number of esters is 1. The lowest BCUT2D eigenvalue weighted by Crippen LogP contribution is -2.04. The van der Waals surface area contributed by atoms with Gasteiger partial charge in [0.25, 0.3) is 0 Å². The SMILES string of the molecule is CCOP(C)(=O)CCCOC(=O)/C=C/C=C/c1ccccc1. The molecule has 0 fully saturated rings. The first-order chi connectivity index (χ1) is 10.5. The van der Waals surface area contributed by atoms with Crippen LogP contribution in [0.2, 0.25) is 0 Å². The first-order valence-electron chi connectivity index (χ1n) is 7.31. The highest BCUT2D eigenvalue weighted by atomic mass is 31.2. The zero-order chi connectivity index (χ0) is 16.3. The van der Waals surface area contributed by atoms with Crippen LogP contribution in [0.5, 0.6) is 0 Å². The quantitative estimate of drug-likeness (QED) is 0.225. The Balaban J connectivity index is 2.22. The number of ether oxygens (including phenoxy) is 1. The number of carbonyl (C=O) groups is 1. The molecule has 0 saturated carbocycles. The predicted molar refractivity (Wildman–Crippen MR) is 90.2 cm³/mol. The zero-order valence-electron chi connectivity index (χ0n) is 13.1. The molecule has 0 N–H and O–H groups in total. The summed E-state index contributed by atoms with van der Waals surface area (Å²) < 4.78 is 22.0. The monoisotopic (exact) mass is 322 g/mol. The van der Waals surface area contributed by atoms with Crippen LogP contribution >= 0.6 is 7.37 Å². The first kappa shape index (κ1) is 18.4. The number of rotatable bonds is 9. The largest absolute Gasteiger partial charge is 0.463 e. The number of hydrogen-bond acceptors (Lipinski definition) is 4. The molecular weight excluding hydrogens is 299 g/mol. The molecule has 0 aromatic heterocycles.